The number of benzene rings is 3. The third-order valence-corrected chi connectivity index (χ3v) is 7.68. The minimum absolute atomic E-state index is 0.0493. The van der Waals surface area contributed by atoms with E-state index in [2.05, 4.69) is 60.1 Å². The Kier molecular flexibility index (Phi) is 5.37. The lowest BCUT2D eigenvalue weighted by atomic mass is 9.78. The van der Waals surface area contributed by atoms with Gasteiger partial charge in [-0.3, -0.25) is 4.79 Å². The fourth-order valence-corrected chi connectivity index (χ4v) is 5.90. The van der Waals surface area contributed by atoms with Crippen molar-refractivity contribution in [1.82, 2.24) is 9.88 Å². The van der Waals surface area contributed by atoms with E-state index in [0.717, 1.165) is 33.4 Å². The second kappa shape index (κ2) is 8.63. The van der Waals surface area contributed by atoms with Crippen LogP contribution in [-0.4, -0.2) is 23.4 Å². The van der Waals surface area contributed by atoms with Crippen molar-refractivity contribution in [3.05, 3.63) is 123 Å². The Bertz CT molecular complexity index is 1670. The zero-order valence-electron chi connectivity index (χ0n) is 21.4. The van der Waals surface area contributed by atoms with Gasteiger partial charge in [0.15, 0.2) is 5.78 Å². The molecule has 0 radical (unpaired) electrons. The highest BCUT2D eigenvalue weighted by molar-refractivity contribution is 6.23. The smallest absolute Gasteiger partial charge is 0.336 e. The van der Waals surface area contributed by atoms with Gasteiger partial charge in [0.05, 0.1) is 24.3 Å². The molecule has 4 aromatic rings. The lowest BCUT2D eigenvalue weighted by molar-refractivity contribution is -0.136. The van der Waals surface area contributed by atoms with Crippen LogP contribution in [-0.2, 0) is 16.1 Å². The number of hydrogen-bond donors (Lipinski definition) is 1. The first kappa shape index (κ1) is 23.0. The second-order valence-electron chi connectivity index (χ2n) is 9.84. The van der Waals surface area contributed by atoms with E-state index >= 15 is 0 Å². The molecule has 0 saturated heterocycles. The Morgan fingerprint density at radius 3 is 2.32 bits per heavy atom. The molecule has 3 aromatic carbocycles. The summed E-state index contributed by atoms with van der Waals surface area (Å²) < 4.78 is 7.55. The maximum Gasteiger partial charge on any atom is 0.336 e. The van der Waals surface area contributed by atoms with Crippen molar-refractivity contribution < 1.29 is 14.3 Å². The predicted octanol–water partition coefficient (Wildman–Crippen LogP) is 6.05. The fraction of sp³-hybridized carbons (Fsp3) is 0.188. The molecule has 0 unspecified atom stereocenters. The van der Waals surface area contributed by atoms with E-state index in [-0.39, 0.29) is 5.78 Å². The summed E-state index contributed by atoms with van der Waals surface area (Å²) in [6, 6.07) is 24.4. The number of ether oxygens (including phenoxy) is 1. The zero-order valence-corrected chi connectivity index (χ0v) is 21.4. The number of rotatable bonds is 4. The van der Waals surface area contributed by atoms with Crippen molar-refractivity contribution in [1.29, 1.82) is 0 Å². The first-order valence-electron chi connectivity index (χ1n) is 12.5. The number of allylic oxidation sites excluding steroid dienone is 2. The van der Waals surface area contributed by atoms with Gasteiger partial charge in [-0.05, 0) is 38.0 Å². The van der Waals surface area contributed by atoms with Gasteiger partial charge in [-0.2, -0.15) is 0 Å². The lowest BCUT2D eigenvalue weighted by Crippen LogP contribution is -2.29. The number of Topliss-reactive ketones (excluding diaryl/α,β-unsaturated/α-hetero) is 1. The third kappa shape index (κ3) is 3.45. The normalized spacial score (nSPS) is 16.6. The van der Waals surface area contributed by atoms with Crippen LogP contribution < -0.4 is 5.32 Å². The van der Waals surface area contributed by atoms with Gasteiger partial charge in [0.1, 0.15) is 0 Å². The highest BCUT2D eigenvalue weighted by atomic mass is 16.5. The number of esters is 1. The van der Waals surface area contributed by atoms with E-state index in [0.29, 0.717) is 29.0 Å². The number of nitrogens with zero attached hydrogens (tertiary/aromatic N) is 1. The quantitative estimate of drug-likeness (QED) is 0.356. The maximum absolute atomic E-state index is 13.9. The van der Waals surface area contributed by atoms with Gasteiger partial charge < -0.3 is 14.6 Å². The molecule has 5 nitrogen and oxygen atoms in total. The Morgan fingerprint density at radius 2 is 1.59 bits per heavy atom. The number of nitrogens with one attached hydrogen (secondary N) is 1. The Labute approximate surface area is 216 Å². The molecule has 37 heavy (non-hydrogen) atoms. The lowest BCUT2D eigenvalue weighted by Gasteiger charge is -2.29. The molecular formula is C32H28N2O3. The molecule has 2 aliphatic rings. The number of methoxy groups -OCH3 is 1. The van der Waals surface area contributed by atoms with Crippen LogP contribution in [0.4, 0.5) is 0 Å². The molecule has 1 N–H and O–H groups in total. The van der Waals surface area contributed by atoms with Gasteiger partial charge in [-0.25, -0.2) is 4.79 Å². The number of dihydropyridines is 1. The van der Waals surface area contributed by atoms with Crippen molar-refractivity contribution in [2.45, 2.75) is 33.2 Å². The van der Waals surface area contributed by atoms with Crippen molar-refractivity contribution in [2.75, 3.05) is 7.11 Å². The molecule has 1 atom stereocenters. The van der Waals surface area contributed by atoms with Crippen LogP contribution in [0.5, 0.6) is 0 Å². The molecule has 2 heterocycles. The molecule has 184 valence electrons. The molecule has 6 rings (SSSR count). The van der Waals surface area contributed by atoms with E-state index in [9.17, 15) is 9.59 Å². The summed E-state index contributed by atoms with van der Waals surface area (Å²) in [4.78, 5) is 27.1. The van der Waals surface area contributed by atoms with Gasteiger partial charge in [0.2, 0.25) is 0 Å². The van der Waals surface area contributed by atoms with E-state index in [1.807, 2.05) is 43.3 Å². The van der Waals surface area contributed by atoms with Gasteiger partial charge in [0.25, 0.3) is 0 Å². The number of carbonyl (C=O) groups is 2. The average Bonchev–Trinajstić information content (AvgIpc) is 3.35. The van der Waals surface area contributed by atoms with Gasteiger partial charge in [0, 0.05) is 45.5 Å². The minimum Gasteiger partial charge on any atom is -0.466 e. The summed E-state index contributed by atoms with van der Waals surface area (Å²) in [5.41, 5.74) is 9.57. The van der Waals surface area contributed by atoms with Crippen LogP contribution in [0.3, 0.4) is 0 Å². The van der Waals surface area contributed by atoms with Crippen LogP contribution in [0, 0.1) is 13.8 Å². The molecule has 0 spiro atoms. The Hall–Kier alpha value is -4.38. The van der Waals surface area contributed by atoms with Crippen LogP contribution >= 0.6 is 0 Å². The summed E-state index contributed by atoms with van der Waals surface area (Å²) in [7, 11) is 1.39. The average molecular weight is 489 g/mol. The van der Waals surface area contributed by atoms with E-state index in [4.69, 9.17) is 4.74 Å². The van der Waals surface area contributed by atoms with Crippen LogP contribution in [0.25, 0.3) is 16.6 Å². The number of hydrogen-bond acceptors (Lipinski definition) is 4. The van der Waals surface area contributed by atoms with E-state index in [1.54, 1.807) is 0 Å². The molecule has 0 amide bonds. The van der Waals surface area contributed by atoms with Gasteiger partial charge in [-0.15, -0.1) is 0 Å². The predicted molar refractivity (Wildman–Crippen MR) is 145 cm³/mol. The van der Waals surface area contributed by atoms with Gasteiger partial charge in [-0.1, -0.05) is 72.3 Å². The summed E-state index contributed by atoms with van der Waals surface area (Å²) in [6.45, 7) is 6.74. The first-order valence-corrected chi connectivity index (χ1v) is 12.5. The summed E-state index contributed by atoms with van der Waals surface area (Å²) in [5, 5.41) is 4.41. The van der Waals surface area contributed by atoms with Crippen molar-refractivity contribution in [2.24, 2.45) is 0 Å². The summed E-state index contributed by atoms with van der Waals surface area (Å²) in [6.07, 6.45) is 0. The number of ketones is 1. The molecule has 0 saturated carbocycles. The molecule has 1 aliphatic carbocycles. The van der Waals surface area contributed by atoms with Crippen molar-refractivity contribution >= 4 is 28.4 Å². The van der Waals surface area contributed by atoms with Gasteiger partial charge >= 0.3 is 5.97 Å². The highest BCUT2D eigenvalue weighted by Gasteiger charge is 2.44. The third-order valence-electron chi connectivity index (χ3n) is 7.68. The summed E-state index contributed by atoms with van der Waals surface area (Å²) >= 11 is 0. The van der Waals surface area contributed by atoms with Crippen molar-refractivity contribution in [3.8, 4) is 0 Å². The van der Waals surface area contributed by atoms with Crippen LogP contribution in [0.1, 0.15) is 51.1 Å². The molecule has 0 bridgehead atoms. The standard InChI is InChI=1S/C32H28N2O3/c1-18-13-15-21(16-14-18)17-34-20(3)27(24-11-7-8-12-25(24)34)28-26(32(36)37-4)19(2)33-30-22-9-5-6-10-23(22)31(35)29(28)30/h5-16,28,33H,17H2,1-4H3/t28-/m1/s1. The SMILES string of the molecule is COC(=O)C1=C(C)NC2=C(C(=O)c3ccccc32)[C@H]1c1c(C)n(Cc2ccc(C)cc2)c2ccccc12. The molecule has 0 fully saturated rings. The molecular weight excluding hydrogens is 460 g/mol. The minimum atomic E-state index is -0.548. The Balaban J connectivity index is 1.62. The molecule has 1 aliphatic heterocycles. The number of carbonyl (C=O) groups excluding carboxylic acids is 2. The second-order valence-corrected chi connectivity index (χ2v) is 9.84. The largest absolute Gasteiger partial charge is 0.466 e. The van der Waals surface area contributed by atoms with E-state index < -0.39 is 11.9 Å². The highest BCUT2D eigenvalue weighted by Crippen LogP contribution is 2.49. The fourth-order valence-electron chi connectivity index (χ4n) is 5.90. The van der Waals surface area contributed by atoms with E-state index in [1.165, 1.54) is 18.2 Å². The van der Waals surface area contributed by atoms with Crippen molar-refractivity contribution in [3.63, 3.8) is 0 Å². The number of aromatic nitrogens is 1. The topological polar surface area (TPSA) is 60.3 Å². The number of aryl methyl sites for hydroxylation is 1. The first-order chi connectivity index (χ1) is 17.9. The number of para-hydroxylation sites is 1. The Morgan fingerprint density at radius 1 is 0.919 bits per heavy atom. The summed E-state index contributed by atoms with van der Waals surface area (Å²) in [5.74, 6) is -1.03. The van der Waals surface area contributed by atoms with Crippen LogP contribution in [0.2, 0.25) is 0 Å². The monoisotopic (exact) mass is 488 g/mol. The maximum atomic E-state index is 13.9. The number of fused-ring (bicyclic) bond motifs is 3. The van der Waals surface area contributed by atoms with Crippen LogP contribution in [0.15, 0.2) is 89.6 Å². The molecule has 5 heteroatoms. The zero-order chi connectivity index (χ0) is 25.8. The molecule has 1 aromatic heterocycles.